The SMILES string of the molecule is Nc1n[nH]c(-c2c(F)cccc2Cl)c1-c1ccccc1Br. The molecule has 106 valence electrons. The Kier molecular flexibility index (Phi) is 3.69. The summed E-state index contributed by atoms with van der Waals surface area (Å²) in [5, 5.41) is 7.07. The Morgan fingerprint density at radius 2 is 1.86 bits per heavy atom. The fourth-order valence-corrected chi connectivity index (χ4v) is 2.95. The summed E-state index contributed by atoms with van der Waals surface area (Å²) < 4.78 is 15.0. The molecule has 0 aliphatic carbocycles. The average Bonchev–Trinajstić information content (AvgIpc) is 2.81. The highest BCUT2D eigenvalue weighted by Crippen LogP contribution is 2.41. The number of aromatic amines is 1. The quantitative estimate of drug-likeness (QED) is 0.679. The van der Waals surface area contributed by atoms with E-state index in [4.69, 9.17) is 17.3 Å². The lowest BCUT2D eigenvalue weighted by Crippen LogP contribution is -1.92. The van der Waals surface area contributed by atoms with Crippen molar-refractivity contribution >= 4 is 33.3 Å². The number of H-pyrrole nitrogens is 1. The van der Waals surface area contributed by atoms with Crippen LogP contribution < -0.4 is 5.73 Å². The summed E-state index contributed by atoms with van der Waals surface area (Å²) in [4.78, 5) is 0. The van der Waals surface area contributed by atoms with Gasteiger partial charge >= 0.3 is 0 Å². The van der Waals surface area contributed by atoms with Crippen LogP contribution in [0.25, 0.3) is 22.4 Å². The number of nitrogens with one attached hydrogen (secondary N) is 1. The molecule has 21 heavy (non-hydrogen) atoms. The first-order valence-electron chi connectivity index (χ1n) is 6.12. The van der Waals surface area contributed by atoms with Gasteiger partial charge in [0.1, 0.15) is 5.82 Å². The van der Waals surface area contributed by atoms with E-state index in [0.29, 0.717) is 16.3 Å². The second-order valence-electron chi connectivity index (χ2n) is 4.44. The van der Waals surface area contributed by atoms with Gasteiger partial charge in [0.15, 0.2) is 5.82 Å². The first kappa shape index (κ1) is 14.1. The molecule has 0 radical (unpaired) electrons. The van der Waals surface area contributed by atoms with Gasteiger partial charge in [0.05, 0.1) is 21.8 Å². The van der Waals surface area contributed by atoms with Gasteiger partial charge in [-0.2, -0.15) is 5.10 Å². The zero-order valence-corrected chi connectivity index (χ0v) is 13.0. The maximum Gasteiger partial charge on any atom is 0.153 e. The number of anilines is 1. The minimum atomic E-state index is -0.431. The second-order valence-corrected chi connectivity index (χ2v) is 5.70. The van der Waals surface area contributed by atoms with Crippen molar-refractivity contribution in [2.45, 2.75) is 0 Å². The molecule has 0 amide bonds. The van der Waals surface area contributed by atoms with Gasteiger partial charge in [-0.05, 0) is 18.2 Å². The minimum absolute atomic E-state index is 0.258. The van der Waals surface area contributed by atoms with E-state index in [9.17, 15) is 4.39 Å². The molecule has 1 aromatic heterocycles. The second kappa shape index (κ2) is 5.50. The number of nitrogens with zero attached hydrogens (tertiary/aromatic N) is 1. The highest BCUT2D eigenvalue weighted by atomic mass is 79.9. The van der Waals surface area contributed by atoms with E-state index in [1.807, 2.05) is 24.3 Å². The highest BCUT2D eigenvalue weighted by Gasteiger charge is 2.21. The molecule has 3 aromatic rings. The molecular weight excluding hydrogens is 357 g/mol. The standard InChI is InChI=1S/C15H10BrClFN3/c16-9-5-2-1-4-8(9)12-14(20-21-15(12)19)13-10(17)6-3-7-11(13)18/h1-7H,(H3,19,20,21). The number of halogens is 3. The monoisotopic (exact) mass is 365 g/mol. The highest BCUT2D eigenvalue weighted by molar-refractivity contribution is 9.10. The summed E-state index contributed by atoms with van der Waals surface area (Å²) in [6, 6.07) is 12.1. The molecule has 3 rings (SSSR count). The molecule has 0 aliphatic heterocycles. The van der Waals surface area contributed by atoms with Gasteiger partial charge in [-0.3, -0.25) is 5.10 Å². The van der Waals surface area contributed by atoms with E-state index >= 15 is 0 Å². The molecular formula is C15H10BrClFN3. The fourth-order valence-electron chi connectivity index (χ4n) is 2.21. The van der Waals surface area contributed by atoms with Gasteiger partial charge in [-0.1, -0.05) is 51.8 Å². The number of benzene rings is 2. The molecule has 0 saturated carbocycles. The molecule has 1 heterocycles. The van der Waals surface area contributed by atoms with Crippen LogP contribution in [-0.4, -0.2) is 10.2 Å². The zero-order valence-electron chi connectivity index (χ0n) is 10.7. The van der Waals surface area contributed by atoms with Crippen LogP contribution in [0.3, 0.4) is 0 Å². The lowest BCUT2D eigenvalue weighted by molar-refractivity contribution is 0.631. The molecule has 0 unspecified atom stereocenters. The van der Waals surface area contributed by atoms with Gasteiger partial charge in [-0.15, -0.1) is 0 Å². The lowest BCUT2D eigenvalue weighted by Gasteiger charge is -2.09. The largest absolute Gasteiger partial charge is 0.382 e. The van der Waals surface area contributed by atoms with Crippen LogP contribution in [0.4, 0.5) is 10.2 Å². The van der Waals surface area contributed by atoms with Gasteiger partial charge in [0.2, 0.25) is 0 Å². The van der Waals surface area contributed by atoms with Crippen LogP contribution in [0.1, 0.15) is 0 Å². The van der Waals surface area contributed by atoms with E-state index in [1.54, 1.807) is 12.1 Å². The summed E-state index contributed by atoms with van der Waals surface area (Å²) in [7, 11) is 0. The van der Waals surface area contributed by atoms with Crippen molar-refractivity contribution < 1.29 is 4.39 Å². The summed E-state index contributed by atoms with van der Waals surface area (Å²) in [5.74, 6) is -0.143. The summed E-state index contributed by atoms with van der Waals surface area (Å²) >= 11 is 9.60. The van der Waals surface area contributed by atoms with Gasteiger partial charge in [0.25, 0.3) is 0 Å². The molecule has 0 atom stereocenters. The molecule has 0 spiro atoms. The van der Waals surface area contributed by atoms with Crippen molar-refractivity contribution in [2.75, 3.05) is 5.73 Å². The Labute approximate surface area is 134 Å². The Bertz CT molecular complexity index is 796. The fraction of sp³-hybridized carbons (Fsp3) is 0. The van der Waals surface area contributed by atoms with Crippen LogP contribution in [0.5, 0.6) is 0 Å². The number of hydrogen-bond donors (Lipinski definition) is 2. The number of nitrogens with two attached hydrogens (primary N) is 1. The van der Waals surface area contributed by atoms with Crippen molar-refractivity contribution in [3.8, 4) is 22.4 Å². The van der Waals surface area contributed by atoms with Crippen molar-refractivity contribution in [1.82, 2.24) is 10.2 Å². The smallest absolute Gasteiger partial charge is 0.153 e. The third-order valence-corrected chi connectivity index (χ3v) is 4.16. The van der Waals surface area contributed by atoms with Gasteiger partial charge in [-0.25, -0.2) is 4.39 Å². The van der Waals surface area contributed by atoms with E-state index in [2.05, 4.69) is 26.1 Å². The molecule has 3 N–H and O–H groups in total. The van der Waals surface area contributed by atoms with Crippen molar-refractivity contribution in [1.29, 1.82) is 0 Å². The summed E-state index contributed by atoms with van der Waals surface area (Å²) in [6.07, 6.45) is 0. The van der Waals surface area contributed by atoms with Crippen LogP contribution >= 0.6 is 27.5 Å². The van der Waals surface area contributed by atoms with Crippen molar-refractivity contribution in [3.63, 3.8) is 0 Å². The number of nitrogen functional groups attached to an aromatic ring is 1. The van der Waals surface area contributed by atoms with E-state index < -0.39 is 5.82 Å². The van der Waals surface area contributed by atoms with Gasteiger partial charge in [0, 0.05) is 10.0 Å². The molecule has 3 nitrogen and oxygen atoms in total. The van der Waals surface area contributed by atoms with Crippen LogP contribution in [0.2, 0.25) is 5.02 Å². The van der Waals surface area contributed by atoms with Crippen molar-refractivity contribution in [2.24, 2.45) is 0 Å². The maximum atomic E-state index is 14.2. The maximum absolute atomic E-state index is 14.2. The van der Waals surface area contributed by atoms with Crippen molar-refractivity contribution in [3.05, 3.63) is 57.8 Å². The Balaban J connectivity index is 2.31. The average molecular weight is 367 g/mol. The molecule has 6 heteroatoms. The third-order valence-electron chi connectivity index (χ3n) is 3.15. The normalized spacial score (nSPS) is 10.8. The predicted molar refractivity (Wildman–Crippen MR) is 86.5 cm³/mol. The first-order valence-corrected chi connectivity index (χ1v) is 7.30. The molecule has 0 bridgehead atoms. The van der Waals surface area contributed by atoms with E-state index in [1.165, 1.54) is 6.07 Å². The summed E-state index contributed by atoms with van der Waals surface area (Å²) in [5.41, 5.74) is 8.11. The first-order chi connectivity index (χ1) is 10.1. The Morgan fingerprint density at radius 1 is 1.10 bits per heavy atom. The minimum Gasteiger partial charge on any atom is -0.382 e. The van der Waals surface area contributed by atoms with E-state index in [-0.39, 0.29) is 11.4 Å². The topological polar surface area (TPSA) is 54.7 Å². The summed E-state index contributed by atoms with van der Waals surface area (Å²) in [6.45, 7) is 0. The van der Waals surface area contributed by atoms with Gasteiger partial charge < -0.3 is 5.73 Å². The lowest BCUT2D eigenvalue weighted by atomic mass is 10.0. The number of aromatic nitrogens is 2. The van der Waals surface area contributed by atoms with Crippen LogP contribution in [0, 0.1) is 5.82 Å². The van der Waals surface area contributed by atoms with E-state index in [0.717, 1.165) is 10.0 Å². The third kappa shape index (κ3) is 2.43. The number of rotatable bonds is 2. The Morgan fingerprint density at radius 3 is 2.57 bits per heavy atom. The van der Waals surface area contributed by atoms with Crippen LogP contribution in [-0.2, 0) is 0 Å². The molecule has 0 fully saturated rings. The van der Waals surface area contributed by atoms with Crippen LogP contribution in [0.15, 0.2) is 46.9 Å². The molecule has 0 aliphatic rings. The Hall–Kier alpha value is -1.85. The number of hydrogen-bond acceptors (Lipinski definition) is 2. The predicted octanol–water partition coefficient (Wildman–Crippen LogP) is 4.88. The zero-order chi connectivity index (χ0) is 15.0. The molecule has 0 saturated heterocycles. The molecule has 2 aromatic carbocycles.